The summed E-state index contributed by atoms with van der Waals surface area (Å²) in [5, 5.41) is 0. The summed E-state index contributed by atoms with van der Waals surface area (Å²) < 4.78 is 25.9. The van der Waals surface area contributed by atoms with E-state index in [1.807, 2.05) is 20.8 Å². The van der Waals surface area contributed by atoms with Crippen molar-refractivity contribution >= 4 is 15.9 Å². The standard InChI is InChI=1S/C14H26N2O3S/c1-6-9-16-10-7-12(13(16)17)15(5)20(18,19)11-8-14(2,3)4/h6,12H,1,7-11H2,2-5H3/t12-/m0/s1. The number of amides is 1. The lowest BCUT2D eigenvalue weighted by Gasteiger charge is -2.25. The second-order valence-electron chi connectivity index (χ2n) is 6.52. The van der Waals surface area contributed by atoms with Crippen LogP contribution in [0.2, 0.25) is 0 Å². The van der Waals surface area contributed by atoms with E-state index in [1.54, 1.807) is 11.0 Å². The lowest BCUT2D eigenvalue weighted by atomic mass is 9.94. The molecule has 0 bridgehead atoms. The van der Waals surface area contributed by atoms with Gasteiger partial charge in [-0.25, -0.2) is 8.42 Å². The molecule has 20 heavy (non-hydrogen) atoms. The quantitative estimate of drug-likeness (QED) is 0.698. The summed E-state index contributed by atoms with van der Waals surface area (Å²) in [6, 6.07) is -0.556. The van der Waals surface area contributed by atoms with E-state index in [4.69, 9.17) is 0 Å². The van der Waals surface area contributed by atoms with Gasteiger partial charge in [0.1, 0.15) is 6.04 Å². The minimum atomic E-state index is -3.39. The number of sulfonamides is 1. The Bertz CT molecular complexity index is 465. The van der Waals surface area contributed by atoms with Crippen LogP contribution in [-0.4, -0.2) is 55.5 Å². The normalized spacial score (nSPS) is 20.8. The van der Waals surface area contributed by atoms with Gasteiger partial charge in [0.05, 0.1) is 5.75 Å². The molecule has 0 spiro atoms. The molecule has 0 aliphatic carbocycles. The molecule has 6 heteroatoms. The molecule has 1 heterocycles. The lowest BCUT2D eigenvalue weighted by molar-refractivity contribution is -0.130. The van der Waals surface area contributed by atoms with E-state index in [9.17, 15) is 13.2 Å². The van der Waals surface area contributed by atoms with Crippen LogP contribution in [0.25, 0.3) is 0 Å². The fraction of sp³-hybridized carbons (Fsp3) is 0.786. The molecule has 0 unspecified atom stereocenters. The highest BCUT2D eigenvalue weighted by molar-refractivity contribution is 7.89. The Labute approximate surface area is 122 Å². The van der Waals surface area contributed by atoms with Gasteiger partial charge in [0.15, 0.2) is 0 Å². The topological polar surface area (TPSA) is 57.7 Å². The molecule has 0 saturated carbocycles. The molecular formula is C14H26N2O3S. The maximum atomic E-state index is 12.3. The maximum absolute atomic E-state index is 12.3. The number of likely N-dealkylation sites (tertiary alicyclic amines) is 1. The number of hydrogen-bond acceptors (Lipinski definition) is 3. The first-order chi connectivity index (χ1) is 9.08. The first kappa shape index (κ1) is 17.2. The first-order valence-corrected chi connectivity index (χ1v) is 8.55. The van der Waals surface area contributed by atoms with Gasteiger partial charge in [-0.3, -0.25) is 4.79 Å². The third-order valence-corrected chi connectivity index (χ3v) is 5.46. The number of hydrogen-bond donors (Lipinski definition) is 0. The van der Waals surface area contributed by atoms with E-state index in [0.29, 0.717) is 25.9 Å². The Balaban J connectivity index is 2.72. The van der Waals surface area contributed by atoms with Gasteiger partial charge in [0, 0.05) is 20.1 Å². The molecule has 116 valence electrons. The predicted molar refractivity (Wildman–Crippen MR) is 80.8 cm³/mol. The van der Waals surface area contributed by atoms with Crippen LogP contribution in [-0.2, 0) is 14.8 Å². The van der Waals surface area contributed by atoms with Crippen LogP contribution in [0.15, 0.2) is 12.7 Å². The lowest BCUT2D eigenvalue weighted by Crippen LogP contribution is -2.44. The average Bonchev–Trinajstić information content (AvgIpc) is 2.68. The number of carbonyl (C=O) groups is 1. The van der Waals surface area contributed by atoms with Crippen LogP contribution in [0.5, 0.6) is 0 Å². The van der Waals surface area contributed by atoms with Crippen LogP contribution in [0.4, 0.5) is 0 Å². The summed E-state index contributed by atoms with van der Waals surface area (Å²) in [5.41, 5.74) is -0.0392. The zero-order valence-electron chi connectivity index (χ0n) is 12.9. The van der Waals surface area contributed by atoms with Crippen LogP contribution < -0.4 is 0 Å². The van der Waals surface area contributed by atoms with Crippen LogP contribution in [0.3, 0.4) is 0 Å². The number of nitrogens with zero attached hydrogens (tertiary/aromatic N) is 2. The van der Waals surface area contributed by atoms with Crippen molar-refractivity contribution in [3.05, 3.63) is 12.7 Å². The van der Waals surface area contributed by atoms with Crippen molar-refractivity contribution in [1.29, 1.82) is 0 Å². The Morgan fingerprint density at radius 3 is 2.55 bits per heavy atom. The molecular weight excluding hydrogens is 276 g/mol. The van der Waals surface area contributed by atoms with Crippen molar-refractivity contribution in [1.82, 2.24) is 9.21 Å². The molecule has 1 rings (SSSR count). The molecule has 1 aliphatic heterocycles. The van der Waals surface area contributed by atoms with Crippen LogP contribution >= 0.6 is 0 Å². The second kappa shape index (κ2) is 6.26. The van der Waals surface area contributed by atoms with Crippen molar-refractivity contribution < 1.29 is 13.2 Å². The number of carbonyl (C=O) groups excluding carboxylic acids is 1. The van der Waals surface area contributed by atoms with Gasteiger partial charge in [-0.1, -0.05) is 26.8 Å². The molecule has 0 radical (unpaired) electrons. The van der Waals surface area contributed by atoms with Gasteiger partial charge in [0.2, 0.25) is 15.9 Å². The van der Waals surface area contributed by atoms with E-state index in [1.165, 1.54) is 11.4 Å². The highest BCUT2D eigenvalue weighted by atomic mass is 32.2. The van der Waals surface area contributed by atoms with Gasteiger partial charge in [-0.2, -0.15) is 4.31 Å². The van der Waals surface area contributed by atoms with E-state index in [2.05, 4.69) is 6.58 Å². The SMILES string of the molecule is C=CCN1CC[C@H](N(C)S(=O)(=O)CCC(C)(C)C)C1=O. The van der Waals surface area contributed by atoms with Gasteiger partial charge >= 0.3 is 0 Å². The fourth-order valence-electron chi connectivity index (χ4n) is 2.17. The first-order valence-electron chi connectivity index (χ1n) is 6.94. The van der Waals surface area contributed by atoms with E-state index in [0.717, 1.165) is 0 Å². The smallest absolute Gasteiger partial charge is 0.241 e. The minimum absolute atomic E-state index is 0.0392. The molecule has 1 amide bonds. The third-order valence-electron chi connectivity index (χ3n) is 3.61. The summed E-state index contributed by atoms with van der Waals surface area (Å²) in [5.74, 6) is -0.0372. The maximum Gasteiger partial charge on any atom is 0.241 e. The summed E-state index contributed by atoms with van der Waals surface area (Å²) in [7, 11) is -1.88. The molecule has 0 aromatic rings. The highest BCUT2D eigenvalue weighted by Gasteiger charge is 2.38. The van der Waals surface area contributed by atoms with E-state index in [-0.39, 0.29) is 17.1 Å². The molecule has 1 aliphatic rings. The van der Waals surface area contributed by atoms with Crippen LogP contribution in [0, 0.1) is 5.41 Å². The third kappa shape index (κ3) is 4.31. The van der Waals surface area contributed by atoms with Crippen molar-refractivity contribution in [2.75, 3.05) is 25.9 Å². The summed E-state index contributed by atoms with van der Waals surface area (Å²) in [4.78, 5) is 13.8. The van der Waals surface area contributed by atoms with Crippen molar-refractivity contribution in [2.24, 2.45) is 5.41 Å². The predicted octanol–water partition coefficient (Wildman–Crippen LogP) is 1.47. The number of rotatable bonds is 6. The van der Waals surface area contributed by atoms with Gasteiger partial charge in [0.25, 0.3) is 0 Å². The summed E-state index contributed by atoms with van der Waals surface area (Å²) in [6.07, 6.45) is 2.79. The molecule has 0 aromatic heterocycles. The molecule has 1 fully saturated rings. The number of likely N-dealkylation sites (N-methyl/N-ethyl adjacent to an activating group) is 1. The molecule has 1 atom stereocenters. The summed E-state index contributed by atoms with van der Waals surface area (Å²) in [6.45, 7) is 10.7. The molecule has 5 nitrogen and oxygen atoms in total. The molecule has 1 saturated heterocycles. The van der Waals surface area contributed by atoms with Gasteiger partial charge < -0.3 is 4.90 Å². The van der Waals surface area contributed by atoms with E-state index < -0.39 is 16.1 Å². The largest absolute Gasteiger partial charge is 0.338 e. The van der Waals surface area contributed by atoms with Gasteiger partial charge in [-0.15, -0.1) is 6.58 Å². The Morgan fingerprint density at radius 1 is 1.45 bits per heavy atom. The molecule has 0 N–H and O–H groups in total. The Morgan fingerprint density at radius 2 is 2.05 bits per heavy atom. The summed E-state index contributed by atoms with van der Waals surface area (Å²) >= 11 is 0. The fourth-order valence-corrected chi connectivity index (χ4v) is 3.91. The zero-order chi connectivity index (χ0) is 15.6. The van der Waals surface area contributed by atoms with Crippen molar-refractivity contribution in [2.45, 2.75) is 39.7 Å². The van der Waals surface area contributed by atoms with Crippen LogP contribution in [0.1, 0.15) is 33.6 Å². The van der Waals surface area contributed by atoms with Crippen molar-refractivity contribution in [3.8, 4) is 0 Å². The minimum Gasteiger partial charge on any atom is -0.338 e. The second-order valence-corrected chi connectivity index (χ2v) is 8.67. The molecule has 0 aromatic carbocycles. The monoisotopic (exact) mass is 302 g/mol. The van der Waals surface area contributed by atoms with E-state index >= 15 is 0 Å². The van der Waals surface area contributed by atoms with Crippen molar-refractivity contribution in [3.63, 3.8) is 0 Å². The Hall–Kier alpha value is -0.880. The average molecular weight is 302 g/mol. The Kier molecular flexibility index (Phi) is 5.38. The zero-order valence-corrected chi connectivity index (χ0v) is 13.7. The van der Waals surface area contributed by atoms with Gasteiger partial charge in [-0.05, 0) is 18.3 Å². The highest BCUT2D eigenvalue weighted by Crippen LogP contribution is 2.23.